The fourth-order valence-electron chi connectivity index (χ4n) is 3.52. The molecule has 4 rings (SSSR count). The molecule has 128 valence electrons. The summed E-state index contributed by atoms with van der Waals surface area (Å²) >= 11 is 0. The van der Waals surface area contributed by atoms with Gasteiger partial charge in [0.05, 0.1) is 10.8 Å². The second-order valence-electron chi connectivity index (χ2n) is 5.90. The number of hydrogen-bond donors (Lipinski definition) is 0. The van der Waals surface area contributed by atoms with Gasteiger partial charge in [0.2, 0.25) is 11.2 Å². The monoisotopic (exact) mass is 360 g/mol. The van der Waals surface area contributed by atoms with Crippen molar-refractivity contribution in [1.29, 1.82) is 0 Å². The van der Waals surface area contributed by atoms with Crippen molar-refractivity contribution in [2.24, 2.45) is 5.11 Å². The molecule has 0 amide bonds. The lowest BCUT2D eigenvalue weighted by Crippen LogP contribution is -3.00. The van der Waals surface area contributed by atoms with Crippen LogP contribution >= 0.6 is 0 Å². The summed E-state index contributed by atoms with van der Waals surface area (Å²) in [5.74, 6) is 0. The second-order valence-corrected chi connectivity index (χ2v) is 5.90. The van der Waals surface area contributed by atoms with E-state index in [1.807, 2.05) is 36.4 Å². The Morgan fingerprint density at radius 3 is 2.35 bits per heavy atom. The van der Waals surface area contributed by atoms with Crippen molar-refractivity contribution in [1.82, 2.24) is 0 Å². The van der Waals surface area contributed by atoms with Crippen LogP contribution in [-0.2, 0) is 6.54 Å². The maximum atomic E-state index is 8.80. The van der Waals surface area contributed by atoms with E-state index < -0.39 is 0 Å². The van der Waals surface area contributed by atoms with Gasteiger partial charge in [-0.2, -0.15) is 4.57 Å². The van der Waals surface area contributed by atoms with Crippen LogP contribution < -0.4 is 17.0 Å². The number of halogens is 1. The van der Waals surface area contributed by atoms with E-state index in [0.29, 0.717) is 5.69 Å². The molecule has 1 aromatic heterocycles. The maximum Gasteiger partial charge on any atom is 0.220 e. The van der Waals surface area contributed by atoms with E-state index in [0.717, 1.165) is 28.6 Å². The Labute approximate surface area is 157 Å². The second kappa shape index (κ2) is 7.44. The van der Waals surface area contributed by atoms with Gasteiger partial charge >= 0.3 is 0 Å². The van der Waals surface area contributed by atoms with Crippen molar-refractivity contribution in [3.8, 4) is 11.3 Å². The lowest BCUT2D eigenvalue weighted by molar-refractivity contribution is -0.655. The molecule has 0 N–H and O–H groups in total. The Balaban J connectivity index is 0.00000196. The molecule has 0 unspecified atom stereocenters. The molecule has 0 aliphatic carbocycles. The van der Waals surface area contributed by atoms with E-state index in [1.165, 1.54) is 10.9 Å². The Morgan fingerprint density at radius 1 is 0.885 bits per heavy atom. The van der Waals surface area contributed by atoms with Crippen LogP contribution in [0.15, 0.2) is 77.9 Å². The van der Waals surface area contributed by atoms with Crippen molar-refractivity contribution in [2.75, 3.05) is 0 Å². The van der Waals surface area contributed by atoms with Crippen LogP contribution in [0.1, 0.15) is 6.92 Å². The van der Waals surface area contributed by atoms with E-state index in [9.17, 15) is 0 Å². The van der Waals surface area contributed by atoms with Crippen LogP contribution in [0.3, 0.4) is 0 Å². The molecule has 0 saturated heterocycles. The predicted molar refractivity (Wildman–Crippen MR) is 102 cm³/mol. The molecule has 5 heteroatoms. The largest absolute Gasteiger partial charge is 1.00 e. The van der Waals surface area contributed by atoms with Crippen molar-refractivity contribution in [2.45, 2.75) is 13.5 Å². The molecule has 1 heterocycles. The molecule has 0 aliphatic rings. The summed E-state index contributed by atoms with van der Waals surface area (Å²) < 4.78 is 2.33. The molecule has 0 fully saturated rings. The first-order valence-corrected chi connectivity index (χ1v) is 8.32. The third-order valence-electron chi connectivity index (χ3n) is 4.54. The van der Waals surface area contributed by atoms with E-state index in [1.54, 1.807) is 0 Å². The zero-order valence-corrected chi connectivity index (χ0v) is 15.1. The number of rotatable bonds is 3. The highest BCUT2D eigenvalue weighted by Crippen LogP contribution is 2.33. The number of para-hydroxylation sites is 1. The molecule has 0 aliphatic heterocycles. The van der Waals surface area contributed by atoms with Gasteiger partial charge < -0.3 is 12.4 Å². The summed E-state index contributed by atoms with van der Waals surface area (Å²) in [6.07, 6.45) is 0. The first kappa shape index (κ1) is 17.7. The van der Waals surface area contributed by atoms with Gasteiger partial charge in [-0.15, -0.1) is 0 Å². The normalized spacial score (nSPS) is 10.3. The van der Waals surface area contributed by atoms with Crippen molar-refractivity contribution >= 4 is 27.4 Å². The number of azide groups is 1. The summed E-state index contributed by atoms with van der Waals surface area (Å²) in [5.41, 5.74) is 12.9. The molecule has 4 aromatic rings. The van der Waals surface area contributed by atoms with Crippen LogP contribution in [-0.4, -0.2) is 0 Å². The molecule has 0 radical (unpaired) electrons. The Kier molecular flexibility index (Phi) is 5.08. The topological polar surface area (TPSA) is 52.6 Å². The number of benzene rings is 3. The molecule has 0 atom stereocenters. The number of fused-ring (bicyclic) bond motifs is 3. The zero-order valence-electron chi connectivity index (χ0n) is 14.3. The highest BCUT2D eigenvalue weighted by molar-refractivity contribution is 6.09. The SMILES string of the molecule is CC[n+]1c(-c2ccccc2)c2cc(N=[N+]=[N-])ccc2c2ccccc21.[Cl-]. The molecular formula is C21H17ClN4. The van der Waals surface area contributed by atoms with Gasteiger partial charge in [-0.1, -0.05) is 47.6 Å². The van der Waals surface area contributed by atoms with Gasteiger partial charge in [-0.05, 0) is 36.7 Å². The predicted octanol–water partition coefficient (Wildman–Crippen LogP) is 2.91. The van der Waals surface area contributed by atoms with Gasteiger partial charge in [0.1, 0.15) is 6.54 Å². The van der Waals surface area contributed by atoms with Gasteiger partial charge in [0, 0.05) is 27.6 Å². The van der Waals surface area contributed by atoms with Gasteiger partial charge in [0.25, 0.3) is 0 Å². The lowest BCUT2D eigenvalue weighted by Gasteiger charge is -2.11. The maximum absolute atomic E-state index is 8.80. The molecular weight excluding hydrogens is 344 g/mol. The van der Waals surface area contributed by atoms with Gasteiger partial charge in [-0.25, -0.2) is 0 Å². The number of hydrogen-bond acceptors (Lipinski definition) is 1. The zero-order chi connectivity index (χ0) is 17.2. The smallest absolute Gasteiger partial charge is 0.220 e. The summed E-state index contributed by atoms with van der Waals surface area (Å²) in [6, 6.07) is 24.7. The van der Waals surface area contributed by atoms with Gasteiger partial charge in [0.15, 0.2) is 0 Å². The highest BCUT2D eigenvalue weighted by atomic mass is 35.5. The minimum Gasteiger partial charge on any atom is -1.00 e. The Bertz CT molecular complexity index is 1130. The summed E-state index contributed by atoms with van der Waals surface area (Å²) in [4.78, 5) is 2.94. The van der Waals surface area contributed by atoms with Crippen LogP contribution in [0.5, 0.6) is 0 Å². The first-order chi connectivity index (χ1) is 12.3. The number of aryl methyl sites for hydroxylation is 1. The Hall–Kier alpha value is -3.07. The molecule has 3 aromatic carbocycles. The third kappa shape index (κ3) is 2.86. The number of nitrogens with zero attached hydrogens (tertiary/aromatic N) is 4. The minimum absolute atomic E-state index is 0. The van der Waals surface area contributed by atoms with E-state index >= 15 is 0 Å². The lowest BCUT2D eigenvalue weighted by atomic mass is 9.98. The highest BCUT2D eigenvalue weighted by Gasteiger charge is 2.21. The summed E-state index contributed by atoms with van der Waals surface area (Å²) in [5, 5.41) is 7.26. The Morgan fingerprint density at radius 2 is 1.62 bits per heavy atom. The van der Waals surface area contributed by atoms with Crippen LogP contribution in [0, 0.1) is 0 Å². The fraction of sp³-hybridized carbons (Fsp3) is 0.0952. The van der Waals surface area contributed by atoms with Crippen molar-refractivity contribution in [3.05, 3.63) is 83.2 Å². The van der Waals surface area contributed by atoms with Crippen molar-refractivity contribution in [3.63, 3.8) is 0 Å². The third-order valence-corrected chi connectivity index (χ3v) is 4.54. The number of aromatic nitrogens is 1. The van der Waals surface area contributed by atoms with Crippen LogP contribution in [0.4, 0.5) is 5.69 Å². The average Bonchev–Trinajstić information content (AvgIpc) is 2.67. The fourth-order valence-corrected chi connectivity index (χ4v) is 3.52. The van der Waals surface area contributed by atoms with Gasteiger partial charge in [-0.3, -0.25) is 0 Å². The minimum atomic E-state index is 0. The summed E-state index contributed by atoms with van der Waals surface area (Å²) in [6.45, 7) is 3.01. The first-order valence-electron chi connectivity index (χ1n) is 8.32. The van der Waals surface area contributed by atoms with Crippen LogP contribution in [0.25, 0.3) is 43.4 Å². The van der Waals surface area contributed by atoms with E-state index in [2.05, 4.69) is 57.9 Å². The average molecular weight is 361 g/mol. The standard InChI is InChI=1S/C21H17N4.ClH/c1-2-25-20-11-7-6-10-18(20)17-13-12-16(23-24-22)14-19(17)21(25)15-8-4-3-5-9-15;/h3-14H,2H2,1H3;1H/q+1;/p-1. The molecule has 4 nitrogen and oxygen atoms in total. The van der Waals surface area contributed by atoms with E-state index in [-0.39, 0.29) is 12.4 Å². The van der Waals surface area contributed by atoms with Crippen molar-refractivity contribution < 1.29 is 17.0 Å². The molecule has 0 bridgehead atoms. The number of pyridine rings is 1. The quantitative estimate of drug-likeness (QED) is 0.177. The molecule has 0 saturated carbocycles. The molecule has 0 spiro atoms. The van der Waals surface area contributed by atoms with Crippen LogP contribution in [0.2, 0.25) is 0 Å². The van der Waals surface area contributed by atoms with E-state index in [4.69, 9.17) is 5.53 Å². The summed E-state index contributed by atoms with van der Waals surface area (Å²) in [7, 11) is 0. The molecule has 26 heavy (non-hydrogen) atoms.